The molecule has 1 atom stereocenters. The fraction of sp³-hybridized carbons (Fsp3) is 0.385. The number of hydrogen-bond acceptors (Lipinski definition) is 3. The van der Waals surface area contributed by atoms with Gasteiger partial charge >= 0.3 is 6.03 Å². The summed E-state index contributed by atoms with van der Waals surface area (Å²) in [6.45, 7) is 3.98. The topological polar surface area (TPSA) is 23.6 Å². The van der Waals surface area contributed by atoms with Crippen molar-refractivity contribution in [1.29, 1.82) is 0 Å². The Morgan fingerprint density at radius 1 is 1.42 bits per heavy atom. The molecule has 2 saturated heterocycles. The Bertz CT molecular complexity index is 576. The highest BCUT2D eigenvalue weighted by molar-refractivity contribution is 8.01. The molecule has 2 amide bonds. The molecule has 2 heterocycles. The molecular formula is C13H13FN2OS2. The van der Waals surface area contributed by atoms with Crippen LogP contribution in [0.1, 0.15) is 13.8 Å². The minimum Gasteiger partial charge on any atom is -0.300 e. The normalized spacial score (nSPS) is 25.1. The van der Waals surface area contributed by atoms with Crippen LogP contribution < -0.4 is 4.90 Å². The maximum atomic E-state index is 13.9. The highest BCUT2D eigenvalue weighted by Gasteiger charge is 2.54. The van der Waals surface area contributed by atoms with E-state index in [0.717, 1.165) is 5.75 Å². The van der Waals surface area contributed by atoms with Crippen LogP contribution in [0.3, 0.4) is 0 Å². The number of hydrogen-bond donors (Lipinski definition) is 0. The van der Waals surface area contributed by atoms with E-state index in [2.05, 4.69) is 0 Å². The average Bonchev–Trinajstić information content (AvgIpc) is 2.79. The van der Waals surface area contributed by atoms with Gasteiger partial charge in [0.05, 0.1) is 16.6 Å². The molecule has 3 rings (SSSR count). The zero-order valence-corrected chi connectivity index (χ0v) is 12.2. The lowest BCUT2D eigenvalue weighted by molar-refractivity contribution is 0.193. The van der Waals surface area contributed by atoms with Gasteiger partial charge in [0.2, 0.25) is 0 Å². The minimum absolute atomic E-state index is 0.109. The van der Waals surface area contributed by atoms with Crippen LogP contribution in [0, 0.1) is 5.82 Å². The predicted molar refractivity (Wildman–Crippen MR) is 79.0 cm³/mol. The number of halogens is 1. The number of nitrogens with zero attached hydrogens (tertiary/aromatic N) is 2. The Labute approximate surface area is 120 Å². The molecule has 1 aromatic carbocycles. The number of amides is 2. The highest BCUT2D eigenvalue weighted by Crippen LogP contribution is 2.44. The standard InChI is InChI=1S/C13H13FN2OS2/c1-13(2)16-10(7-19-13)11(18)15(12(16)17)9-6-4-3-5-8(9)14/h3-6,10H,7H2,1-2H3. The Hall–Kier alpha value is -1.14. The van der Waals surface area contributed by atoms with Gasteiger partial charge in [-0.2, -0.15) is 0 Å². The van der Waals surface area contributed by atoms with E-state index >= 15 is 0 Å². The first-order chi connectivity index (χ1) is 8.93. The van der Waals surface area contributed by atoms with Gasteiger partial charge in [0.15, 0.2) is 0 Å². The van der Waals surface area contributed by atoms with Gasteiger partial charge < -0.3 is 0 Å². The molecule has 2 fully saturated rings. The van der Waals surface area contributed by atoms with Gasteiger partial charge in [-0.3, -0.25) is 9.80 Å². The van der Waals surface area contributed by atoms with Crippen LogP contribution >= 0.6 is 24.0 Å². The van der Waals surface area contributed by atoms with E-state index in [1.54, 1.807) is 34.9 Å². The molecule has 0 spiro atoms. The van der Waals surface area contributed by atoms with Crippen molar-refractivity contribution in [3.63, 3.8) is 0 Å². The summed E-state index contributed by atoms with van der Waals surface area (Å²) in [5.74, 6) is 0.340. The fourth-order valence-corrected chi connectivity index (χ4v) is 4.24. The molecule has 0 aliphatic carbocycles. The molecule has 6 heteroatoms. The number of fused-ring (bicyclic) bond motifs is 1. The smallest absolute Gasteiger partial charge is 0.300 e. The van der Waals surface area contributed by atoms with Crippen LogP contribution in [-0.2, 0) is 0 Å². The van der Waals surface area contributed by atoms with Gasteiger partial charge in [-0.15, -0.1) is 11.8 Å². The number of carbonyl (C=O) groups excluding carboxylic acids is 1. The molecule has 0 N–H and O–H groups in total. The Morgan fingerprint density at radius 3 is 2.74 bits per heavy atom. The number of thioether (sulfide) groups is 1. The van der Waals surface area contributed by atoms with E-state index in [-0.39, 0.29) is 22.6 Å². The van der Waals surface area contributed by atoms with Crippen molar-refractivity contribution in [1.82, 2.24) is 4.90 Å². The number of rotatable bonds is 1. The molecule has 3 nitrogen and oxygen atoms in total. The highest BCUT2D eigenvalue weighted by atomic mass is 32.2. The van der Waals surface area contributed by atoms with Crippen LogP contribution in [-0.4, -0.2) is 32.6 Å². The summed E-state index contributed by atoms with van der Waals surface area (Å²) in [5, 5.41) is 0. The molecule has 100 valence electrons. The third kappa shape index (κ3) is 1.77. The molecule has 0 radical (unpaired) electrons. The van der Waals surface area contributed by atoms with Crippen molar-refractivity contribution in [3.05, 3.63) is 30.1 Å². The largest absolute Gasteiger partial charge is 0.331 e. The van der Waals surface area contributed by atoms with Crippen molar-refractivity contribution >= 4 is 40.7 Å². The van der Waals surface area contributed by atoms with E-state index in [4.69, 9.17) is 12.2 Å². The molecule has 0 bridgehead atoms. The average molecular weight is 296 g/mol. The number of carbonyl (C=O) groups is 1. The van der Waals surface area contributed by atoms with Crippen LogP contribution in [0.5, 0.6) is 0 Å². The molecule has 19 heavy (non-hydrogen) atoms. The van der Waals surface area contributed by atoms with E-state index in [9.17, 15) is 9.18 Å². The Morgan fingerprint density at radius 2 is 2.11 bits per heavy atom. The predicted octanol–water partition coefficient (Wildman–Crippen LogP) is 3.25. The summed E-state index contributed by atoms with van der Waals surface area (Å²) in [7, 11) is 0. The Balaban J connectivity index is 2.05. The Kier molecular flexibility index (Phi) is 2.83. The summed E-state index contributed by atoms with van der Waals surface area (Å²) in [6, 6.07) is 5.90. The van der Waals surface area contributed by atoms with Crippen molar-refractivity contribution in [2.75, 3.05) is 10.7 Å². The lowest BCUT2D eigenvalue weighted by atomic mass is 10.2. The second-order valence-electron chi connectivity index (χ2n) is 5.05. The molecule has 0 saturated carbocycles. The molecule has 1 aromatic rings. The zero-order valence-electron chi connectivity index (χ0n) is 10.6. The lowest BCUT2D eigenvalue weighted by Gasteiger charge is -2.29. The fourth-order valence-electron chi connectivity index (χ4n) is 2.55. The summed E-state index contributed by atoms with van der Waals surface area (Å²) >= 11 is 7.08. The van der Waals surface area contributed by atoms with Gasteiger partial charge in [-0.1, -0.05) is 24.4 Å². The number of urea groups is 1. The van der Waals surface area contributed by atoms with Gasteiger partial charge in [0.1, 0.15) is 10.8 Å². The van der Waals surface area contributed by atoms with Crippen molar-refractivity contribution in [3.8, 4) is 0 Å². The molecular weight excluding hydrogens is 283 g/mol. The lowest BCUT2D eigenvalue weighted by Crippen LogP contribution is -2.43. The summed E-state index contributed by atoms with van der Waals surface area (Å²) in [6.07, 6.45) is 0. The molecule has 2 aliphatic heterocycles. The van der Waals surface area contributed by atoms with Crippen molar-refractivity contribution in [2.45, 2.75) is 24.8 Å². The van der Waals surface area contributed by atoms with E-state index in [1.807, 2.05) is 13.8 Å². The molecule has 0 aromatic heterocycles. The van der Waals surface area contributed by atoms with Crippen molar-refractivity contribution < 1.29 is 9.18 Å². The third-order valence-electron chi connectivity index (χ3n) is 3.48. The van der Waals surface area contributed by atoms with Crippen molar-refractivity contribution in [2.24, 2.45) is 0 Å². The van der Waals surface area contributed by atoms with Gasteiger partial charge in [0, 0.05) is 5.75 Å². The monoisotopic (exact) mass is 296 g/mol. The second kappa shape index (κ2) is 4.18. The van der Waals surface area contributed by atoms with Gasteiger partial charge in [-0.25, -0.2) is 9.18 Å². The summed E-state index contributed by atoms with van der Waals surface area (Å²) in [4.78, 5) is 15.8. The summed E-state index contributed by atoms with van der Waals surface area (Å²) < 4.78 is 13.9. The number of anilines is 1. The van der Waals surface area contributed by atoms with E-state index in [1.165, 1.54) is 11.0 Å². The zero-order chi connectivity index (χ0) is 13.8. The van der Waals surface area contributed by atoms with Crippen LogP contribution in [0.4, 0.5) is 14.9 Å². The number of para-hydroxylation sites is 1. The van der Waals surface area contributed by atoms with E-state index < -0.39 is 5.82 Å². The van der Waals surface area contributed by atoms with E-state index in [0.29, 0.717) is 4.99 Å². The number of thiocarbonyl (C=S) groups is 1. The van der Waals surface area contributed by atoms with Gasteiger partial charge in [0.25, 0.3) is 0 Å². The third-order valence-corrected chi connectivity index (χ3v) is 5.32. The molecule has 1 unspecified atom stereocenters. The first-order valence-electron chi connectivity index (χ1n) is 5.99. The van der Waals surface area contributed by atoms with Gasteiger partial charge in [-0.05, 0) is 26.0 Å². The minimum atomic E-state index is -0.426. The quantitative estimate of drug-likeness (QED) is 0.743. The second-order valence-corrected chi connectivity index (χ2v) is 7.09. The first-order valence-corrected chi connectivity index (χ1v) is 7.38. The van der Waals surface area contributed by atoms with Crippen LogP contribution in [0.15, 0.2) is 24.3 Å². The van der Waals surface area contributed by atoms with Crippen LogP contribution in [0.2, 0.25) is 0 Å². The molecule has 2 aliphatic rings. The number of benzene rings is 1. The first kappa shape index (κ1) is 12.9. The van der Waals surface area contributed by atoms with Crippen LogP contribution in [0.25, 0.3) is 0 Å². The summed E-state index contributed by atoms with van der Waals surface area (Å²) in [5.41, 5.74) is 0.243. The SMILES string of the molecule is CC1(C)SCC2C(=S)N(c3ccccc3F)C(=O)N21. The maximum Gasteiger partial charge on any atom is 0.331 e. The maximum absolute atomic E-state index is 13.9.